The Morgan fingerprint density at radius 1 is 1.20 bits per heavy atom. The van der Waals surface area contributed by atoms with Crippen molar-refractivity contribution in [3.63, 3.8) is 0 Å². The first-order chi connectivity index (χ1) is 12.1. The van der Waals surface area contributed by atoms with Crippen LogP contribution in [0.15, 0.2) is 46.9 Å². The summed E-state index contributed by atoms with van der Waals surface area (Å²) in [6, 6.07) is 13.6. The summed E-state index contributed by atoms with van der Waals surface area (Å²) in [5.74, 6) is 0.786. The Hall–Kier alpha value is -2.01. The van der Waals surface area contributed by atoms with Crippen molar-refractivity contribution in [1.29, 1.82) is 0 Å². The third kappa shape index (κ3) is 5.23. The normalized spacial score (nSPS) is 14.3. The maximum atomic E-state index is 12.2. The minimum absolute atomic E-state index is 0.0764. The largest absolute Gasteiger partial charge is 0.490 e. The number of hydrogen-bond acceptors (Lipinski definition) is 3. The molecule has 0 radical (unpaired) electrons. The predicted octanol–water partition coefficient (Wildman–Crippen LogP) is 5.13. The molecule has 1 aliphatic carbocycles. The van der Waals surface area contributed by atoms with Crippen molar-refractivity contribution >= 4 is 33.2 Å². The summed E-state index contributed by atoms with van der Waals surface area (Å²) in [5.41, 5.74) is 2.74. The Labute approximate surface area is 157 Å². The molecule has 0 bridgehead atoms. The molecule has 1 fully saturated rings. The van der Waals surface area contributed by atoms with Crippen molar-refractivity contribution < 1.29 is 9.53 Å². The van der Waals surface area contributed by atoms with Gasteiger partial charge in [0.2, 0.25) is 5.91 Å². The zero-order chi connectivity index (χ0) is 17.6. The molecule has 0 unspecified atom stereocenters. The van der Waals surface area contributed by atoms with Gasteiger partial charge in [-0.25, -0.2) is 0 Å². The van der Waals surface area contributed by atoms with Gasteiger partial charge in [-0.1, -0.05) is 22.0 Å². The third-order valence-electron chi connectivity index (χ3n) is 4.35. The molecule has 2 aromatic carbocycles. The fourth-order valence-corrected chi connectivity index (χ4v) is 3.50. The zero-order valence-electron chi connectivity index (χ0n) is 14.3. The van der Waals surface area contributed by atoms with E-state index < -0.39 is 0 Å². The lowest BCUT2D eigenvalue weighted by molar-refractivity contribution is -0.114. The Balaban J connectivity index is 1.53. The molecule has 4 nitrogen and oxygen atoms in total. The topological polar surface area (TPSA) is 50.4 Å². The Kier molecular flexibility index (Phi) is 5.97. The third-order valence-corrected chi connectivity index (χ3v) is 4.85. The molecule has 0 aliphatic heterocycles. The monoisotopic (exact) mass is 402 g/mol. The highest BCUT2D eigenvalue weighted by molar-refractivity contribution is 9.10. The maximum absolute atomic E-state index is 12.2. The standard InChI is InChI=1S/C20H23BrN2O2/c1-14-11-15(21)9-10-19(14)23-20(24)13-22-16-5-4-8-18(12-16)25-17-6-2-3-7-17/h4-5,8-12,17,22H,2-3,6-7,13H2,1H3,(H,23,24). The summed E-state index contributed by atoms with van der Waals surface area (Å²) in [4.78, 5) is 12.2. The zero-order valence-corrected chi connectivity index (χ0v) is 15.9. The number of anilines is 2. The first kappa shape index (κ1) is 17.8. The number of carbonyl (C=O) groups excluding carboxylic acids is 1. The smallest absolute Gasteiger partial charge is 0.243 e. The Morgan fingerprint density at radius 2 is 2.00 bits per heavy atom. The van der Waals surface area contributed by atoms with Crippen LogP contribution in [-0.4, -0.2) is 18.6 Å². The Morgan fingerprint density at radius 3 is 2.76 bits per heavy atom. The van der Waals surface area contributed by atoms with E-state index in [2.05, 4.69) is 26.6 Å². The molecule has 0 spiro atoms. The molecule has 3 rings (SSSR count). The molecule has 132 valence electrons. The first-order valence-corrected chi connectivity index (χ1v) is 9.46. The van der Waals surface area contributed by atoms with Gasteiger partial charge in [0.05, 0.1) is 12.6 Å². The van der Waals surface area contributed by atoms with Crippen LogP contribution in [-0.2, 0) is 4.79 Å². The number of aryl methyl sites for hydroxylation is 1. The van der Waals surface area contributed by atoms with Crippen molar-refractivity contribution in [3.8, 4) is 5.75 Å². The van der Waals surface area contributed by atoms with Gasteiger partial charge < -0.3 is 15.4 Å². The molecule has 25 heavy (non-hydrogen) atoms. The van der Waals surface area contributed by atoms with Crippen LogP contribution in [0, 0.1) is 6.92 Å². The predicted molar refractivity (Wildman–Crippen MR) is 105 cm³/mol. The number of nitrogens with one attached hydrogen (secondary N) is 2. The fourth-order valence-electron chi connectivity index (χ4n) is 3.02. The summed E-state index contributed by atoms with van der Waals surface area (Å²) in [6.45, 7) is 2.18. The van der Waals surface area contributed by atoms with Gasteiger partial charge in [-0.15, -0.1) is 0 Å². The van der Waals surface area contributed by atoms with Crippen molar-refractivity contribution in [2.24, 2.45) is 0 Å². The van der Waals surface area contributed by atoms with Crippen molar-refractivity contribution in [1.82, 2.24) is 0 Å². The number of rotatable bonds is 6. The lowest BCUT2D eigenvalue weighted by Crippen LogP contribution is -2.22. The number of amides is 1. The number of benzene rings is 2. The molecule has 0 saturated heterocycles. The molecule has 2 N–H and O–H groups in total. The van der Waals surface area contributed by atoms with Crippen molar-refractivity contribution in [3.05, 3.63) is 52.5 Å². The second kappa shape index (κ2) is 8.39. The second-order valence-electron chi connectivity index (χ2n) is 6.41. The van der Waals surface area contributed by atoms with E-state index in [0.717, 1.165) is 40.0 Å². The van der Waals surface area contributed by atoms with Gasteiger partial charge >= 0.3 is 0 Å². The molecule has 1 amide bonds. The van der Waals surface area contributed by atoms with E-state index in [1.807, 2.05) is 49.4 Å². The average Bonchev–Trinajstić information content (AvgIpc) is 3.09. The van der Waals surface area contributed by atoms with E-state index in [9.17, 15) is 4.79 Å². The molecule has 0 atom stereocenters. The summed E-state index contributed by atoms with van der Waals surface area (Å²) in [6.07, 6.45) is 5.09. The molecule has 0 heterocycles. The highest BCUT2D eigenvalue weighted by atomic mass is 79.9. The molecule has 0 aromatic heterocycles. The van der Waals surface area contributed by atoms with E-state index >= 15 is 0 Å². The second-order valence-corrected chi connectivity index (χ2v) is 7.33. The van der Waals surface area contributed by atoms with Crippen LogP contribution in [0.25, 0.3) is 0 Å². The van der Waals surface area contributed by atoms with Crippen LogP contribution in [0.3, 0.4) is 0 Å². The Bertz CT molecular complexity index is 742. The average molecular weight is 403 g/mol. The van der Waals surface area contributed by atoms with Crippen LogP contribution in [0.2, 0.25) is 0 Å². The quantitative estimate of drug-likeness (QED) is 0.703. The summed E-state index contributed by atoms with van der Waals surface area (Å²) in [7, 11) is 0. The van der Waals surface area contributed by atoms with E-state index in [1.54, 1.807) is 0 Å². The van der Waals surface area contributed by atoms with Gasteiger partial charge in [0.1, 0.15) is 5.75 Å². The number of carbonyl (C=O) groups is 1. The highest BCUT2D eigenvalue weighted by Crippen LogP contribution is 2.26. The van der Waals surface area contributed by atoms with Crippen LogP contribution in [0.5, 0.6) is 5.75 Å². The molecule has 1 aliphatic rings. The summed E-state index contributed by atoms with van der Waals surface area (Å²) < 4.78 is 7.00. The van der Waals surface area contributed by atoms with Crippen LogP contribution in [0.4, 0.5) is 11.4 Å². The van der Waals surface area contributed by atoms with Crippen LogP contribution >= 0.6 is 15.9 Å². The summed E-state index contributed by atoms with van der Waals surface area (Å²) in [5, 5.41) is 6.09. The van der Waals surface area contributed by atoms with Crippen molar-refractivity contribution in [2.75, 3.05) is 17.2 Å². The minimum Gasteiger partial charge on any atom is -0.490 e. The number of halogens is 1. The SMILES string of the molecule is Cc1cc(Br)ccc1NC(=O)CNc1cccc(OC2CCCC2)c1. The van der Waals surface area contributed by atoms with Gasteiger partial charge in [-0.2, -0.15) is 0 Å². The van der Waals surface area contributed by atoms with E-state index in [1.165, 1.54) is 12.8 Å². The fraction of sp³-hybridized carbons (Fsp3) is 0.350. The molecular weight excluding hydrogens is 380 g/mol. The molecule has 2 aromatic rings. The van der Waals surface area contributed by atoms with Gasteiger partial charge in [0.15, 0.2) is 0 Å². The van der Waals surface area contributed by atoms with E-state index in [4.69, 9.17) is 4.74 Å². The van der Waals surface area contributed by atoms with Gasteiger partial charge in [0.25, 0.3) is 0 Å². The van der Waals surface area contributed by atoms with Crippen LogP contribution < -0.4 is 15.4 Å². The maximum Gasteiger partial charge on any atom is 0.243 e. The van der Waals surface area contributed by atoms with Crippen molar-refractivity contribution in [2.45, 2.75) is 38.7 Å². The molecule has 5 heteroatoms. The van der Waals surface area contributed by atoms with Gasteiger partial charge in [-0.3, -0.25) is 4.79 Å². The first-order valence-electron chi connectivity index (χ1n) is 8.67. The van der Waals surface area contributed by atoms with Gasteiger partial charge in [0, 0.05) is 21.9 Å². The van der Waals surface area contributed by atoms with Crippen LogP contribution in [0.1, 0.15) is 31.2 Å². The lowest BCUT2D eigenvalue weighted by Gasteiger charge is -2.14. The minimum atomic E-state index is -0.0764. The number of hydrogen-bond donors (Lipinski definition) is 2. The van der Waals surface area contributed by atoms with E-state index in [-0.39, 0.29) is 12.5 Å². The van der Waals surface area contributed by atoms with Gasteiger partial charge in [-0.05, 0) is 68.5 Å². The highest BCUT2D eigenvalue weighted by Gasteiger charge is 2.16. The van der Waals surface area contributed by atoms with E-state index in [0.29, 0.717) is 6.10 Å². The lowest BCUT2D eigenvalue weighted by atomic mass is 10.2. The number of ether oxygens (including phenoxy) is 1. The molecule has 1 saturated carbocycles. The summed E-state index contributed by atoms with van der Waals surface area (Å²) >= 11 is 3.42. The molecular formula is C20H23BrN2O2.